The van der Waals surface area contributed by atoms with Crippen molar-refractivity contribution in [3.63, 3.8) is 0 Å². The van der Waals surface area contributed by atoms with Gasteiger partial charge < -0.3 is 0 Å². The predicted molar refractivity (Wildman–Crippen MR) is 273 cm³/mol. The minimum absolute atomic E-state index is 0.0554. The molecule has 3 heteroatoms. The Morgan fingerprint density at radius 3 is 1.05 bits per heavy atom. The van der Waals surface area contributed by atoms with E-state index in [0.29, 0.717) is 0 Å². The van der Waals surface area contributed by atoms with Gasteiger partial charge in [-0.3, -0.25) is 0 Å². The molecule has 0 saturated carbocycles. The van der Waals surface area contributed by atoms with Crippen molar-refractivity contribution in [3.05, 3.63) is 203 Å². The monoisotopic (exact) mass is 1020 g/mol. The molecule has 0 N–H and O–H groups in total. The number of benzene rings is 6. The van der Waals surface area contributed by atoms with Crippen LogP contribution in [0.2, 0.25) is 0 Å². The Bertz CT molecular complexity index is 2530. The van der Waals surface area contributed by atoms with Crippen molar-refractivity contribution >= 4 is 42.0 Å². The van der Waals surface area contributed by atoms with E-state index in [1.165, 1.54) is 80.4 Å². The first-order valence-electron chi connectivity index (χ1n) is 21.9. The molecule has 8 aromatic rings. The first-order valence-corrected chi connectivity index (χ1v) is 32.6. The Kier molecular flexibility index (Phi) is 14.7. The second kappa shape index (κ2) is 19.3. The second-order valence-electron chi connectivity index (χ2n) is 20.6. The van der Waals surface area contributed by atoms with Gasteiger partial charge in [0, 0.05) is 0 Å². The Labute approximate surface area is 387 Å². The summed E-state index contributed by atoms with van der Waals surface area (Å²) in [6, 6.07) is 61.2. The SMILES string of the molecule is CC(C)(C)c1cc2c(cc1-c1ccccc1)[cH-]c1cc(-c3ccccc3)c(C(C)(C)C)cc12.CC(C)(C)c1ccc([C](c2ccc(C(C)(C)C)cc2)=[Hf]([Cl])[Cl])cc1.c1cc[cH-]c1. The summed E-state index contributed by atoms with van der Waals surface area (Å²) >= 11 is -2.76. The molecular formula is C59H64Cl2Hf-2. The van der Waals surface area contributed by atoms with Crippen molar-refractivity contribution in [1.82, 2.24) is 0 Å². The first-order chi connectivity index (χ1) is 29.1. The number of fused-ring (bicyclic) bond motifs is 3. The van der Waals surface area contributed by atoms with Crippen LogP contribution >= 0.6 is 17.2 Å². The maximum atomic E-state index is 6.51. The van der Waals surface area contributed by atoms with Gasteiger partial charge in [-0.25, -0.2) is 12.1 Å². The van der Waals surface area contributed by atoms with E-state index in [2.05, 4.69) is 223 Å². The van der Waals surface area contributed by atoms with Crippen molar-refractivity contribution < 1.29 is 18.6 Å². The van der Waals surface area contributed by atoms with Gasteiger partial charge in [-0.15, -0.1) is 39.7 Å². The van der Waals surface area contributed by atoms with Gasteiger partial charge in [0.25, 0.3) is 0 Å². The number of hydrogen-bond donors (Lipinski definition) is 0. The van der Waals surface area contributed by atoms with E-state index >= 15 is 0 Å². The molecule has 0 radical (unpaired) electrons. The smallest absolute Gasteiger partial charge is 0.172 e. The summed E-state index contributed by atoms with van der Waals surface area (Å²) in [4.78, 5) is 0. The van der Waals surface area contributed by atoms with Gasteiger partial charge >= 0.3 is 162 Å². The molecule has 0 bridgehead atoms. The Morgan fingerprint density at radius 1 is 0.419 bits per heavy atom. The zero-order chi connectivity index (χ0) is 45.0. The zero-order valence-electron chi connectivity index (χ0n) is 38.9. The van der Waals surface area contributed by atoms with Crippen molar-refractivity contribution in [3.8, 4) is 22.3 Å². The summed E-state index contributed by atoms with van der Waals surface area (Å²) in [5.74, 6) is 0. The largest absolute Gasteiger partial charge is 0.214 e. The van der Waals surface area contributed by atoms with E-state index in [-0.39, 0.29) is 21.7 Å². The molecular weight excluding hydrogens is 958 g/mol. The van der Waals surface area contributed by atoms with Gasteiger partial charge in [0.05, 0.1) is 0 Å². The van der Waals surface area contributed by atoms with E-state index in [1.54, 1.807) is 0 Å². The third kappa shape index (κ3) is 11.5. The second-order valence-corrected chi connectivity index (χ2v) is 32.0. The summed E-state index contributed by atoms with van der Waals surface area (Å²) in [5.41, 5.74) is 13.4. The number of hydrogen-bond acceptors (Lipinski definition) is 0. The van der Waals surface area contributed by atoms with E-state index in [0.717, 1.165) is 0 Å². The average Bonchev–Trinajstić information content (AvgIpc) is 3.92. The Hall–Kier alpha value is -4.14. The van der Waals surface area contributed by atoms with Crippen LogP contribution in [0.5, 0.6) is 0 Å². The quantitative estimate of drug-likeness (QED) is 0.122. The minimum Gasteiger partial charge on any atom is -0.214 e. The average molecular weight is 1020 g/mol. The Balaban J connectivity index is 0.000000193. The standard InChI is InChI=1S/C33H33.C21H26.C5H5.2ClH.Hf/c1-32(2,3)30-20-26-24(18-28(30)22-13-9-7-10-14-22)17-25-19-29(23-15-11-8-12-16-23)31(21-27(25)26)33(4,5)6;1-20(2,3)18-11-7-16(8-12-18)15-17-9-13-19(14-10-17)21(4,5)6;1-2-4-5-3-1;;;/h7-21H,1-6H3;7-14H,1-6H3;1-5H;2*1H;/q-1;;-1;;;+2/p-2. The van der Waals surface area contributed by atoms with Crippen LogP contribution in [0.3, 0.4) is 0 Å². The van der Waals surface area contributed by atoms with Crippen LogP contribution in [0, 0.1) is 0 Å². The van der Waals surface area contributed by atoms with Crippen LogP contribution in [0.1, 0.15) is 116 Å². The fraction of sp³-hybridized carbons (Fsp3) is 0.271. The predicted octanol–water partition coefficient (Wildman–Crippen LogP) is 17.8. The van der Waals surface area contributed by atoms with Gasteiger partial charge in [0.2, 0.25) is 0 Å². The summed E-state index contributed by atoms with van der Waals surface area (Å²) in [6.07, 6.45) is 0. The molecule has 0 atom stereocenters. The van der Waals surface area contributed by atoms with E-state index in [9.17, 15) is 0 Å². The summed E-state index contributed by atoms with van der Waals surface area (Å²) in [6.45, 7) is 27.3. The van der Waals surface area contributed by atoms with Crippen molar-refractivity contribution in [2.45, 2.75) is 105 Å². The number of halogens is 2. The van der Waals surface area contributed by atoms with Crippen molar-refractivity contribution in [2.75, 3.05) is 0 Å². The molecule has 0 aliphatic carbocycles. The van der Waals surface area contributed by atoms with Crippen LogP contribution in [-0.4, -0.2) is 3.26 Å². The molecule has 0 spiro atoms. The van der Waals surface area contributed by atoms with Gasteiger partial charge in [-0.1, -0.05) is 114 Å². The third-order valence-electron chi connectivity index (χ3n) is 11.6. The van der Waals surface area contributed by atoms with Crippen molar-refractivity contribution in [1.29, 1.82) is 0 Å². The van der Waals surface area contributed by atoms with Gasteiger partial charge in [0.1, 0.15) is 0 Å². The molecule has 0 saturated heterocycles. The van der Waals surface area contributed by atoms with Crippen LogP contribution < -0.4 is 0 Å². The zero-order valence-corrected chi connectivity index (χ0v) is 44.0. The topological polar surface area (TPSA) is 0 Å². The summed E-state index contributed by atoms with van der Waals surface area (Å²) in [5, 5.41) is 5.36. The molecule has 0 aromatic heterocycles. The minimum atomic E-state index is -2.76. The van der Waals surface area contributed by atoms with E-state index < -0.39 is 18.6 Å². The summed E-state index contributed by atoms with van der Waals surface area (Å²) < 4.78 is 1.17. The maximum Gasteiger partial charge on any atom is -0.172 e. The van der Waals surface area contributed by atoms with Crippen LogP contribution in [0.15, 0.2) is 170 Å². The third-order valence-corrected chi connectivity index (χ3v) is 18.1. The molecule has 0 heterocycles. The molecule has 8 rings (SSSR count). The summed E-state index contributed by atoms with van der Waals surface area (Å²) in [7, 11) is 13.0. The molecule has 0 fully saturated rings. The maximum absolute atomic E-state index is 6.51. The van der Waals surface area contributed by atoms with Gasteiger partial charge in [-0.2, -0.15) is 18.2 Å². The molecule has 0 amide bonds. The molecule has 0 unspecified atom stereocenters. The number of rotatable bonds is 4. The fourth-order valence-corrected chi connectivity index (χ4v) is 14.4. The van der Waals surface area contributed by atoms with Gasteiger partial charge in [0.15, 0.2) is 0 Å². The van der Waals surface area contributed by atoms with E-state index in [4.69, 9.17) is 17.2 Å². The van der Waals surface area contributed by atoms with Gasteiger partial charge in [-0.05, 0) is 44.2 Å². The van der Waals surface area contributed by atoms with Crippen LogP contribution in [0.25, 0.3) is 43.8 Å². The molecule has 0 aliphatic heterocycles. The molecule has 8 aromatic carbocycles. The van der Waals surface area contributed by atoms with Crippen LogP contribution in [-0.2, 0) is 40.2 Å². The van der Waals surface area contributed by atoms with Crippen molar-refractivity contribution in [2.24, 2.45) is 0 Å². The molecule has 0 aliphatic rings. The fourth-order valence-electron chi connectivity index (χ4n) is 8.04. The first kappa shape index (κ1) is 47.3. The van der Waals surface area contributed by atoms with E-state index in [1.807, 2.05) is 30.3 Å². The molecule has 62 heavy (non-hydrogen) atoms. The van der Waals surface area contributed by atoms with Crippen LogP contribution in [0.4, 0.5) is 0 Å². The molecule has 0 nitrogen and oxygen atoms in total. The normalized spacial score (nSPS) is 12.0. The Morgan fingerprint density at radius 2 is 0.774 bits per heavy atom. The molecule has 320 valence electrons.